The molecule has 0 radical (unpaired) electrons. The lowest BCUT2D eigenvalue weighted by Crippen LogP contribution is -2.12. The van der Waals surface area contributed by atoms with Gasteiger partial charge in [0.2, 0.25) is 0 Å². The molecular formula is C17H12ClN3OS. The molecule has 0 aliphatic rings. The first-order valence-electron chi connectivity index (χ1n) is 7.06. The summed E-state index contributed by atoms with van der Waals surface area (Å²) in [4.78, 5) is 20.0. The molecule has 2 N–H and O–H groups in total. The largest absolute Gasteiger partial charge is 0.349 e. The van der Waals surface area contributed by atoms with Gasteiger partial charge in [-0.25, -0.2) is 4.98 Å². The van der Waals surface area contributed by atoms with E-state index in [1.807, 2.05) is 43.3 Å². The summed E-state index contributed by atoms with van der Waals surface area (Å²) in [6.45, 7) is 2.03. The fraction of sp³-hybridized carbons (Fsp3) is 0.0588. The van der Waals surface area contributed by atoms with Crippen molar-refractivity contribution in [1.29, 1.82) is 0 Å². The minimum atomic E-state index is -0.290. The molecule has 6 heteroatoms. The Labute approximate surface area is 141 Å². The standard InChI is InChI=1S/C17H12ClN3OS/c1-9-6-7-12-13(8-9)23-17(20-12)21-16(22)15-14(18)10-4-2-3-5-11(10)19-15/h2-8,19H,1H3,(H,20,21,22). The first kappa shape index (κ1) is 14.2. The number of halogens is 1. The Hall–Kier alpha value is -2.37. The van der Waals surface area contributed by atoms with E-state index in [0.717, 1.165) is 26.7 Å². The van der Waals surface area contributed by atoms with Crippen molar-refractivity contribution in [2.75, 3.05) is 5.32 Å². The van der Waals surface area contributed by atoms with Gasteiger partial charge in [-0.05, 0) is 30.7 Å². The third-order valence-electron chi connectivity index (χ3n) is 3.63. The van der Waals surface area contributed by atoms with E-state index in [9.17, 15) is 4.79 Å². The van der Waals surface area contributed by atoms with Crippen LogP contribution in [0.15, 0.2) is 42.5 Å². The molecule has 1 amide bonds. The first-order valence-corrected chi connectivity index (χ1v) is 8.26. The number of thiazole rings is 1. The van der Waals surface area contributed by atoms with Crippen LogP contribution in [0.4, 0.5) is 5.13 Å². The molecule has 0 atom stereocenters. The molecule has 0 spiro atoms. The molecule has 0 bridgehead atoms. The van der Waals surface area contributed by atoms with E-state index in [1.165, 1.54) is 11.3 Å². The van der Waals surface area contributed by atoms with Crippen LogP contribution in [0.1, 0.15) is 16.1 Å². The van der Waals surface area contributed by atoms with Gasteiger partial charge in [0.1, 0.15) is 5.69 Å². The molecular weight excluding hydrogens is 330 g/mol. The summed E-state index contributed by atoms with van der Waals surface area (Å²) in [6, 6.07) is 13.6. The number of para-hydroxylation sites is 1. The SMILES string of the molecule is Cc1ccc2nc(NC(=O)c3[nH]c4ccccc4c3Cl)sc2c1. The number of H-pyrrole nitrogens is 1. The molecule has 0 saturated carbocycles. The van der Waals surface area contributed by atoms with Crippen molar-refractivity contribution >= 4 is 55.1 Å². The van der Waals surface area contributed by atoms with Crippen LogP contribution in [0.3, 0.4) is 0 Å². The number of carbonyl (C=O) groups is 1. The van der Waals surface area contributed by atoms with Gasteiger partial charge < -0.3 is 4.98 Å². The fourth-order valence-electron chi connectivity index (χ4n) is 2.51. The summed E-state index contributed by atoms with van der Waals surface area (Å²) in [7, 11) is 0. The van der Waals surface area contributed by atoms with Gasteiger partial charge in [0.05, 0.1) is 15.2 Å². The fourth-order valence-corrected chi connectivity index (χ4v) is 3.77. The van der Waals surface area contributed by atoms with Gasteiger partial charge >= 0.3 is 0 Å². The van der Waals surface area contributed by atoms with Crippen LogP contribution >= 0.6 is 22.9 Å². The highest BCUT2D eigenvalue weighted by Gasteiger charge is 2.17. The second-order valence-corrected chi connectivity index (χ2v) is 6.71. The van der Waals surface area contributed by atoms with E-state index in [0.29, 0.717) is 15.8 Å². The smallest absolute Gasteiger partial charge is 0.275 e. The Bertz CT molecular complexity index is 1050. The van der Waals surface area contributed by atoms with Crippen LogP contribution in [-0.4, -0.2) is 15.9 Å². The molecule has 23 heavy (non-hydrogen) atoms. The number of hydrogen-bond donors (Lipinski definition) is 2. The molecule has 2 aromatic carbocycles. The average Bonchev–Trinajstić information content (AvgIpc) is 3.08. The van der Waals surface area contributed by atoms with Gasteiger partial charge in [-0.1, -0.05) is 47.2 Å². The summed E-state index contributed by atoms with van der Waals surface area (Å²) >= 11 is 7.76. The Balaban J connectivity index is 1.69. The van der Waals surface area contributed by atoms with Crippen molar-refractivity contribution in [3.63, 3.8) is 0 Å². The Kier molecular flexibility index (Phi) is 3.32. The van der Waals surface area contributed by atoms with Crippen molar-refractivity contribution in [1.82, 2.24) is 9.97 Å². The number of rotatable bonds is 2. The summed E-state index contributed by atoms with van der Waals surface area (Å²) in [6.07, 6.45) is 0. The van der Waals surface area contributed by atoms with Gasteiger partial charge in [-0.15, -0.1) is 0 Å². The quantitative estimate of drug-likeness (QED) is 0.539. The van der Waals surface area contributed by atoms with Crippen molar-refractivity contribution in [3.05, 3.63) is 58.7 Å². The van der Waals surface area contributed by atoms with Crippen molar-refractivity contribution in [3.8, 4) is 0 Å². The zero-order valence-corrected chi connectivity index (χ0v) is 13.8. The number of carbonyl (C=O) groups excluding carboxylic acids is 1. The lowest BCUT2D eigenvalue weighted by atomic mass is 10.2. The third-order valence-corrected chi connectivity index (χ3v) is 4.96. The number of nitrogens with zero attached hydrogens (tertiary/aromatic N) is 1. The van der Waals surface area contributed by atoms with Crippen LogP contribution in [0.5, 0.6) is 0 Å². The molecule has 4 rings (SSSR count). The van der Waals surface area contributed by atoms with Gasteiger partial charge in [0, 0.05) is 10.9 Å². The van der Waals surface area contributed by atoms with Gasteiger partial charge in [-0.2, -0.15) is 0 Å². The van der Waals surface area contributed by atoms with E-state index < -0.39 is 0 Å². The number of anilines is 1. The van der Waals surface area contributed by atoms with Crippen LogP contribution in [0, 0.1) is 6.92 Å². The maximum Gasteiger partial charge on any atom is 0.275 e. The summed E-state index contributed by atoms with van der Waals surface area (Å²) in [5.41, 5.74) is 3.22. The number of fused-ring (bicyclic) bond motifs is 2. The minimum absolute atomic E-state index is 0.290. The first-order chi connectivity index (χ1) is 11.1. The lowest BCUT2D eigenvalue weighted by Gasteiger charge is -1.99. The molecule has 0 unspecified atom stereocenters. The molecule has 2 aromatic heterocycles. The number of benzene rings is 2. The van der Waals surface area contributed by atoms with Crippen molar-refractivity contribution < 1.29 is 4.79 Å². The average molecular weight is 342 g/mol. The highest BCUT2D eigenvalue weighted by Crippen LogP contribution is 2.30. The van der Waals surface area contributed by atoms with Crippen LogP contribution in [0.25, 0.3) is 21.1 Å². The number of amides is 1. The van der Waals surface area contributed by atoms with E-state index in [2.05, 4.69) is 21.4 Å². The normalized spacial score (nSPS) is 11.2. The Morgan fingerprint density at radius 2 is 2.09 bits per heavy atom. The topological polar surface area (TPSA) is 57.8 Å². The minimum Gasteiger partial charge on any atom is -0.349 e. The molecule has 4 nitrogen and oxygen atoms in total. The van der Waals surface area contributed by atoms with Gasteiger partial charge in [-0.3, -0.25) is 10.1 Å². The van der Waals surface area contributed by atoms with E-state index >= 15 is 0 Å². The van der Waals surface area contributed by atoms with E-state index in [4.69, 9.17) is 11.6 Å². The second kappa shape index (κ2) is 5.37. The highest BCUT2D eigenvalue weighted by atomic mass is 35.5. The Morgan fingerprint density at radius 3 is 2.91 bits per heavy atom. The predicted octanol–water partition coefficient (Wildman–Crippen LogP) is 4.99. The molecule has 0 saturated heterocycles. The molecule has 0 aliphatic carbocycles. The lowest BCUT2D eigenvalue weighted by molar-refractivity contribution is 0.102. The zero-order valence-electron chi connectivity index (χ0n) is 12.2. The van der Waals surface area contributed by atoms with Gasteiger partial charge in [0.25, 0.3) is 5.91 Å². The molecule has 0 aliphatic heterocycles. The maximum absolute atomic E-state index is 12.5. The summed E-state index contributed by atoms with van der Waals surface area (Å²) in [5.74, 6) is -0.290. The summed E-state index contributed by atoms with van der Waals surface area (Å²) < 4.78 is 1.04. The van der Waals surface area contributed by atoms with E-state index in [1.54, 1.807) is 0 Å². The van der Waals surface area contributed by atoms with E-state index in [-0.39, 0.29) is 5.91 Å². The molecule has 114 valence electrons. The van der Waals surface area contributed by atoms with Gasteiger partial charge in [0.15, 0.2) is 5.13 Å². The maximum atomic E-state index is 12.5. The second-order valence-electron chi connectivity index (χ2n) is 5.30. The number of nitrogens with one attached hydrogen (secondary N) is 2. The Morgan fingerprint density at radius 1 is 1.26 bits per heavy atom. The number of hydrogen-bond acceptors (Lipinski definition) is 3. The zero-order chi connectivity index (χ0) is 16.0. The third kappa shape index (κ3) is 2.48. The number of aromatic amines is 1. The van der Waals surface area contributed by atoms with Crippen LogP contribution in [-0.2, 0) is 0 Å². The molecule has 4 aromatic rings. The predicted molar refractivity (Wildman–Crippen MR) is 95.6 cm³/mol. The number of aryl methyl sites for hydroxylation is 1. The van der Waals surface area contributed by atoms with Crippen LogP contribution < -0.4 is 5.32 Å². The highest BCUT2D eigenvalue weighted by molar-refractivity contribution is 7.22. The van der Waals surface area contributed by atoms with Crippen molar-refractivity contribution in [2.45, 2.75) is 6.92 Å². The van der Waals surface area contributed by atoms with Crippen LogP contribution in [0.2, 0.25) is 5.02 Å². The molecule has 2 heterocycles. The summed E-state index contributed by atoms with van der Waals surface area (Å²) in [5, 5.41) is 4.64. The monoisotopic (exact) mass is 341 g/mol. The number of aromatic nitrogens is 2. The van der Waals surface area contributed by atoms with Crippen molar-refractivity contribution in [2.24, 2.45) is 0 Å². The molecule has 0 fully saturated rings.